The van der Waals surface area contributed by atoms with Gasteiger partial charge in [-0.05, 0) is 44.4 Å². The molecular weight excluding hydrogens is 362 g/mol. The highest BCUT2D eigenvalue weighted by atomic mass is 16.5. The summed E-state index contributed by atoms with van der Waals surface area (Å²) in [5.41, 5.74) is 1.85. The third-order valence-corrected chi connectivity index (χ3v) is 4.94. The van der Waals surface area contributed by atoms with Crippen LogP contribution >= 0.6 is 0 Å². The molecule has 0 spiro atoms. The van der Waals surface area contributed by atoms with E-state index in [2.05, 4.69) is 5.32 Å². The zero-order chi connectivity index (χ0) is 20.8. The van der Waals surface area contributed by atoms with Crippen LogP contribution in [0.4, 0.5) is 0 Å². The predicted octanol–water partition coefficient (Wildman–Crippen LogP) is 1.78. The number of benzene rings is 1. The summed E-state index contributed by atoms with van der Waals surface area (Å²) in [5, 5.41) is 14.4. The molecule has 0 bridgehead atoms. The van der Waals surface area contributed by atoms with Gasteiger partial charge >= 0.3 is 5.63 Å². The van der Waals surface area contributed by atoms with Crippen LogP contribution in [0.5, 0.6) is 5.75 Å². The number of methoxy groups -OCH3 is 1. The molecule has 152 valence electrons. The number of aryl methyl sites for hydroxylation is 2. The highest BCUT2D eigenvalue weighted by Gasteiger charge is 2.17. The normalized spacial score (nSPS) is 12.0. The Kier molecular flexibility index (Phi) is 7.20. The summed E-state index contributed by atoms with van der Waals surface area (Å²) in [6, 6.07) is 2.61. The number of hydrogen-bond acceptors (Lipinski definition) is 6. The van der Waals surface area contributed by atoms with E-state index < -0.39 is 23.5 Å². The molecule has 0 aliphatic carbocycles. The molecule has 1 aromatic heterocycles. The number of carbonyl (C=O) groups is 2. The topological polar surface area (TPSA) is 109 Å². The molecule has 7 nitrogen and oxygen atoms in total. The van der Waals surface area contributed by atoms with Crippen LogP contribution in [0, 0.1) is 13.8 Å². The third-order valence-electron chi connectivity index (χ3n) is 4.94. The lowest BCUT2D eigenvalue weighted by Crippen LogP contribution is -2.47. The van der Waals surface area contributed by atoms with E-state index in [1.165, 1.54) is 0 Å². The van der Waals surface area contributed by atoms with Gasteiger partial charge in [-0.25, -0.2) is 4.79 Å². The van der Waals surface area contributed by atoms with Gasteiger partial charge in [0.1, 0.15) is 11.3 Å². The monoisotopic (exact) mass is 388 g/mol. The molecule has 0 fully saturated rings. The number of fused-ring (bicyclic) bond motifs is 1. The lowest BCUT2D eigenvalue weighted by atomic mass is 10.00. The van der Waals surface area contributed by atoms with Crippen LogP contribution in [-0.4, -0.2) is 25.0 Å². The highest BCUT2D eigenvalue weighted by molar-refractivity contribution is 5.86. The number of ether oxygens (including phenoxy) is 1. The maximum Gasteiger partial charge on any atom is 0.339 e. The Balaban J connectivity index is 2.19. The number of aliphatic carboxylic acids is 1. The molecule has 0 saturated carbocycles. The molecule has 0 radical (unpaired) electrons. The van der Waals surface area contributed by atoms with E-state index in [0.717, 1.165) is 22.9 Å². The minimum Gasteiger partial charge on any atom is -0.548 e. The third kappa shape index (κ3) is 4.71. The van der Waals surface area contributed by atoms with Crippen LogP contribution in [0.25, 0.3) is 11.0 Å². The van der Waals surface area contributed by atoms with Crippen LogP contribution < -0.4 is 20.8 Å². The van der Waals surface area contributed by atoms with Gasteiger partial charge in [0.05, 0.1) is 19.1 Å². The smallest absolute Gasteiger partial charge is 0.339 e. The Labute approximate surface area is 163 Å². The van der Waals surface area contributed by atoms with Gasteiger partial charge in [-0.2, -0.15) is 0 Å². The Morgan fingerprint density at radius 1 is 1.25 bits per heavy atom. The summed E-state index contributed by atoms with van der Waals surface area (Å²) in [4.78, 5) is 35.8. The highest BCUT2D eigenvalue weighted by Crippen LogP contribution is 2.29. The number of unbranched alkanes of at least 4 members (excludes halogenated alkanes) is 1. The number of amides is 1. The van der Waals surface area contributed by atoms with Gasteiger partial charge in [-0.15, -0.1) is 0 Å². The zero-order valence-electron chi connectivity index (χ0n) is 16.7. The van der Waals surface area contributed by atoms with E-state index in [1.807, 2.05) is 26.8 Å². The van der Waals surface area contributed by atoms with E-state index in [0.29, 0.717) is 29.7 Å². The Bertz CT molecular complexity index is 931. The van der Waals surface area contributed by atoms with Gasteiger partial charge in [-0.3, -0.25) is 4.79 Å². The van der Waals surface area contributed by atoms with Gasteiger partial charge < -0.3 is 24.4 Å². The molecule has 0 aliphatic rings. The van der Waals surface area contributed by atoms with Crippen molar-refractivity contribution in [3.63, 3.8) is 0 Å². The first-order valence-electron chi connectivity index (χ1n) is 9.40. The fourth-order valence-electron chi connectivity index (χ4n) is 3.24. The summed E-state index contributed by atoms with van der Waals surface area (Å²) in [5.74, 6) is -1.11. The van der Waals surface area contributed by atoms with Crippen LogP contribution in [0.1, 0.15) is 49.3 Å². The minimum atomic E-state index is -1.30. The van der Waals surface area contributed by atoms with E-state index in [4.69, 9.17) is 9.15 Å². The first-order valence-corrected chi connectivity index (χ1v) is 9.40. The van der Waals surface area contributed by atoms with Crippen molar-refractivity contribution < 1.29 is 23.8 Å². The van der Waals surface area contributed by atoms with Crippen molar-refractivity contribution in [1.82, 2.24) is 5.32 Å². The van der Waals surface area contributed by atoms with Gasteiger partial charge in [0.15, 0.2) is 0 Å². The first kappa shape index (κ1) is 21.5. The van der Waals surface area contributed by atoms with Gasteiger partial charge in [0, 0.05) is 22.9 Å². The Morgan fingerprint density at radius 3 is 2.57 bits per heavy atom. The Hall–Kier alpha value is -2.83. The Morgan fingerprint density at radius 2 is 1.96 bits per heavy atom. The molecule has 1 heterocycles. The summed E-state index contributed by atoms with van der Waals surface area (Å²) in [6.45, 7) is 5.56. The maximum atomic E-state index is 12.4. The number of carbonyl (C=O) groups excluding carboxylic acids is 2. The fourth-order valence-corrected chi connectivity index (χ4v) is 3.24. The number of carboxylic acids is 1. The summed E-state index contributed by atoms with van der Waals surface area (Å²) >= 11 is 0. The zero-order valence-corrected chi connectivity index (χ0v) is 16.7. The predicted molar refractivity (Wildman–Crippen MR) is 103 cm³/mol. The number of nitrogens with one attached hydrogen (secondary N) is 1. The first-order chi connectivity index (χ1) is 13.3. The molecule has 1 amide bonds. The minimum absolute atomic E-state index is 0.0118. The van der Waals surface area contributed by atoms with Crippen LogP contribution in [0.2, 0.25) is 0 Å². The van der Waals surface area contributed by atoms with E-state index in [-0.39, 0.29) is 12.8 Å². The molecule has 2 aromatic rings. The lowest BCUT2D eigenvalue weighted by Gasteiger charge is -2.19. The van der Waals surface area contributed by atoms with E-state index in [1.54, 1.807) is 13.2 Å². The fraction of sp³-hybridized carbons (Fsp3) is 0.476. The number of carboxylic acid groups (broad SMARTS) is 1. The molecule has 0 saturated heterocycles. The second-order valence-electron chi connectivity index (χ2n) is 6.84. The largest absolute Gasteiger partial charge is 0.548 e. The van der Waals surface area contributed by atoms with Gasteiger partial charge in [0.25, 0.3) is 0 Å². The molecule has 0 aliphatic heterocycles. The van der Waals surface area contributed by atoms with Crippen molar-refractivity contribution in [1.29, 1.82) is 0 Å². The standard InChI is InChI=1S/C21H27NO6/c1-5-6-7-16(20(24)25)22-18(23)11-9-15-12(2)14-8-10-17(27-4)13(3)19(14)28-21(15)26/h8,10,16H,5-7,9,11H2,1-4H3,(H,22,23)(H,24,25)/p-1/t16-/m0/s1. The van der Waals surface area contributed by atoms with Crippen molar-refractivity contribution in [3.05, 3.63) is 39.2 Å². The van der Waals surface area contributed by atoms with Crippen molar-refractivity contribution in [2.24, 2.45) is 0 Å². The molecule has 7 heteroatoms. The van der Waals surface area contributed by atoms with Crippen LogP contribution in [0.3, 0.4) is 0 Å². The molecule has 28 heavy (non-hydrogen) atoms. The average molecular weight is 388 g/mol. The van der Waals surface area contributed by atoms with Gasteiger partial charge in [0.2, 0.25) is 5.91 Å². The van der Waals surface area contributed by atoms with Crippen LogP contribution in [0.15, 0.2) is 21.3 Å². The quantitative estimate of drug-likeness (QED) is 0.656. The molecule has 1 atom stereocenters. The molecule has 0 unspecified atom stereocenters. The molecule has 1 N–H and O–H groups in total. The van der Waals surface area contributed by atoms with Crippen molar-refractivity contribution >= 4 is 22.8 Å². The lowest BCUT2D eigenvalue weighted by molar-refractivity contribution is -0.308. The van der Waals surface area contributed by atoms with E-state index >= 15 is 0 Å². The average Bonchev–Trinajstić information content (AvgIpc) is 2.65. The molecule has 2 rings (SSSR count). The van der Waals surface area contributed by atoms with Gasteiger partial charge in [-0.1, -0.05) is 19.8 Å². The van der Waals surface area contributed by atoms with Crippen LogP contribution in [-0.2, 0) is 16.0 Å². The maximum absolute atomic E-state index is 12.4. The molecular formula is C21H26NO6-. The summed E-state index contributed by atoms with van der Waals surface area (Å²) in [6.07, 6.45) is 1.97. The van der Waals surface area contributed by atoms with Crippen molar-refractivity contribution in [2.75, 3.05) is 7.11 Å². The second-order valence-corrected chi connectivity index (χ2v) is 6.84. The summed E-state index contributed by atoms with van der Waals surface area (Å²) in [7, 11) is 1.55. The van der Waals surface area contributed by atoms with Crippen molar-refractivity contribution in [2.45, 2.75) is 58.9 Å². The van der Waals surface area contributed by atoms with E-state index in [9.17, 15) is 19.5 Å². The number of hydrogen-bond donors (Lipinski definition) is 1. The van der Waals surface area contributed by atoms with Crippen molar-refractivity contribution in [3.8, 4) is 5.75 Å². The second kappa shape index (κ2) is 9.39. The number of rotatable bonds is 9. The molecule has 1 aromatic carbocycles. The summed E-state index contributed by atoms with van der Waals surface area (Å²) < 4.78 is 10.7. The SMILES string of the molecule is CCCC[C@H](NC(=O)CCc1c(C)c2ccc(OC)c(C)c2oc1=O)C(=O)[O-].